The monoisotopic (exact) mass is 247 g/mol. The van der Waals surface area contributed by atoms with Gasteiger partial charge in [-0.1, -0.05) is 24.3 Å². The molecule has 3 heteroatoms. The van der Waals surface area contributed by atoms with Gasteiger partial charge < -0.3 is 5.73 Å². The molecule has 0 saturated heterocycles. The molecule has 94 valence electrons. The minimum Gasteiger partial charge on any atom is -0.330 e. The van der Waals surface area contributed by atoms with E-state index in [2.05, 4.69) is 0 Å². The van der Waals surface area contributed by atoms with Crippen LogP contribution in [0, 0.1) is 11.6 Å². The van der Waals surface area contributed by atoms with Crippen molar-refractivity contribution in [1.29, 1.82) is 0 Å². The average Bonchev–Trinajstić information content (AvgIpc) is 2.34. The van der Waals surface area contributed by atoms with Crippen molar-refractivity contribution in [1.82, 2.24) is 0 Å². The Morgan fingerprint density at radius 3 is 2.50 bits per heavy atom. The molecular formula is C15H15F2N. The summed E-state index contributed by atoms with van der Waals surface area (Å²) < 4.78 is 26.8. The summed E-state index contributed by atoms with van der Waals surface area (Å²) in [6.45, 7) is 0.400. The van der Waals surface area contributed by atoms with Crippen LogP contribution in [0.2, 0.25) is 0 Å². The summed E-state index contributed by atoms with van der Waals surface area (Å²) in [5.41, 5.74) is 7.82. The molecule has 0 fully saturated rings. The lowest BCUT2D eigenvalue weighted by Crippen LogP contribution is -2.08. The lowest BCUT2D eigenvalue weighted by Gasteiger charge is -2.10. The second-order valence-electron chi connectivity index (χ2n) is 4.22. The third-order valence-corrected chi connectivity index (χ3v) is 2.89. The van der Waals surface area contributed by atoms with Gasteiger partial charge in [-0.3, -0.25) is 0 Å². The second-order valence-corrected chi connectivity index (χ2v) is 4.22. The number of rotatable bonds is 4. The van der Waals surface area contributed by atoms with Gasteiger partial charge in [-0.15, -0.1) is 0 Å². The van der Waals surface area contributed by atoms with Crippen molar-refractivity contribution in [2.45, 2.75) is 12.8 Å². The van der Waals surface area contributed by atoms with Crippen LogP contribution in [0.1, 0.15) is 16.7 Å². The van der Waals surface area contributed by atoms with Gasteiger partial charge in [-0.05, 0) is 54.3 Å². The van der Waals surface area contributed by atoms with E-state index in [1.165, 1.54) is 18.2 Å². The number of hydrogen-bond acceptors (Lipinski definition) is 1. The van der Waals surface area contributed by atoms with E-state index in [-0.39, 0.29) is 11.6 Å². The van der Waals surface area contributed by atoms with Gasteiger partial charge in [0.05, 0.1) is 0 Å². The summed E-state index contributed by atoms with van der Waals surface area (Å²) in [6, 6.07) is 11.3. The first-order valence-electron chi connectivity index (χ1n) is 5.91. The molecule has 2 aromatic carbocycles. The van der Waals surface area contributed by atoms with Crippen molar-refractivity contribution < 1.29 is 8.78 Å². The molecule has 0 aromatic heterocycles. The maximum atomic E-state index is 13.7. The van der Waals surface area contributed by atoms with Gasteiger partial charge in [0.2, 0.25) is 0 Å². The smallest absolute Gasteiger partial charge is 0.126 e. The van der Waals surface area contributed by atoms with Crippen LogP contribution in [-0.4, -0.2) is 6.54 Å². The summed E-state index contributed by atoms with van der Waals surface area (Å²) in [7, 11) is 0. The quantitative estimate of drug-likeness (QED) is 0.883. The SMILES string of the molecule is NCCc1c(F)cccc1Cc1cccc(F)c1. The van der Waals surface area contributed by atoms with Crippen LogP contribution in [0.25, 0.3) is 0 Å². The predicted octanol–water partition coefficient (Wildman–Crippen LogP) is 3.06. The van der Waals surface area contributed by atoms with E-state index in [0.29, 0.717) is 24.9 Å². The minimum absolute atomic E-state index is 0.241. The molecule has 0 unspecified atom stereocenters. The minimum atomic E-state index is -0.274. The average molecular weight is 247 g/mol. The van der Waals surface area contributed by atoms with E-state index < -0.39 is 0 Å². The normalized spacial score (nSPS) is 10.6. The van der Waals surface area contributed by atoms with Crippen LogP contribution in [0.4, 0.5) is 8.78 Å². The number of benzene rings is 2. The summed E-state index contributed by atoms with van der Waals surface area (Å²) in [6.07, 6.45) is 1.02. The Hall–Kier alpha value is -1.74. The van der Waals surface area contributed by atoms with Crippen LogP contribution < -0.4 is 5.73 Å². The lowest BCUT2D eigenvalue weighted by molar-refractivity contribution is 0.606. The molecule has 2 aromatic rings. The fraction of sp³-hybridized carbons (Fsp3) is 0.200. The fourth-order valence-corrected chi connectivity index (χ4v) is 2.06. The second kappa shape index (κ2) is 5.74. The Morgan fingerprint density at radius 1 is 1.00 bits per heavy atom. The Kier molecular flexibility index (Phi) is 4.05. The van der Waals surface area contributed by atoms with E-state index in [4.69, 9.17) is 5.73 Å². The summed E-state index contributed by atoms with van der Waals surface area (Å²) in [5, 5.41) is 0. The van der Waals surface area contributed by atoms with E-state index in [9.17, 15) is 8.78 Å². The van der Waals surface area contributed by atoms with E-state index in [0.717, 1.165) is 11.1 Å². The van der Waals surface area contributed by atoms with Crippen LogP contribution in [0.3, 0.4) is 0 Å². The van der Waals surface area contributed by atoms with Gasteiger partial charge in [-0.25, -0.2) is 8.78 Å². The highest BCUT2D eigenvalue weighted by Crippen LogP contribution is 2.18. The largest absolute Gasteiger partial charge is 0.330 e. The first-order valence-corrected chi connectivity index (χ1v) is 5.91. The number of halogens is 2. The molecule has 0 heterocycles. The van der Waals surface area contributed by atoms with Crippen molar-refractivity contribution in [3.63, 3.8) is 0 Å². The molecule has 0 aliphatic rings. The molecule has 0 aliphatic carbocycles. The molecule has 0 amide bonds. The Labute approximate surface area is 105 Å². The molecule has 0 saturated carbocycles. The predicted molar refractivity (Wildman–Crippen MR) is 68.4 cm³/mol. The van der Waals surface area contributed by atoms with Gasteiger partial charge in [0.25, 0.3) is 0 Å². The Bertz CT molecular complexity index is 538. The highest BCUT2D eigenvalue weighted by atomic mass is 19.1. The molecule has 2 N–H and O–H groups in total. The van der Waals surface area contributed by atoms with Gasteiger partial charge in [0.1, 0.15) is 11.6 Å². The number of nitrogens with two attached hydrogens (primary N) is 1. The van der Waals surface area contributed by atoms with Crippen molar-refractivity contribution >= 4 is 0 Å². The molecule has 0 atom stereocenters. The van der Waals surface area contributed by atoms with Crippen molar-refractivity contribution in [3.8, 4) is 0 Å². The van der Waals surface area contributed by atoms with Crippen molar-refractivity contribution in [3.05, 3.63) is 70.8 Å². The zero-order chi connectivity index (χ0) is 13.0. The number of hydrogen-bond donors (Lipinski definition) is 1. The molecule has 2 rings (SSSR count). The maximum absolute atomic E-state index is 13.7. The lowest BCUT2D eigenvalue weighted by atomic mass is 9.97. The van der Waals surface area contributed by atoms with Gasteiger partial charge in [0, 0.05) is 0 Å². The van der Waals surface area contributed by atoms with E-state index in [1.54, 1.807) is 12.1 Å². The molecule has 0 bridgehead atoms. The molecule has 18 heavy (non-hydrogen) atoms. The first-order chi connectivity index (χ1) is 8.70. The van der Waals surface area contributed by atoms with E-state index in [1.807, 2.05) is 12.1 Å². The van der Waals surface area contributed by atoms with Crippen LogP contribution in [0.15, 0.2) is 42.5 Å². The van der Waals surface area contributed by atoms with Gasteiger partial charge >= 0.3 is 0 Å². The van der Waals surface area contributed by atoms with Gasteiger partial charge in [0.15, 0.2) is 0 Å². The summed E-state index contributed by atoms with van der Waals surface area (Å²) >= 11 is 0. The van der Waals surface area contributed by atoms with Crippen LogP contribution in [0.5, 0.6) is 0 Å². The summed E-state index contributed by atoms with van der Waals surface area (Å²) in [4.78, 5) is 0. The third-order valence-electron chi connectivity index (χ3n) is 2.89. The summed E-state index contributed by atoms with van der Waals surface area (Å²) in [5.74, 6) is -0.515. The standard InChI is InChI=1S/C15H15F2N/c16-13-5-1-3-11(10-13)9-12-4-2-6-15(17)14(12)7-8-18/h1-6,10H,7-9,18H2. The van der Waals surface area contributed by atoms with Crippen LogP contribution >= 0.6 is 0 Å². The first kappa shape index (κ1) is 12.7. The maximum Gasteiger partial charge on any atom is 0.126 e. The molecule has 0 radical (unpaired) electrons. The van der Waals surface area contributed by atoms with Crippen molar-refractivity contribution in [2.24, 2.45) is 5.73 Å². The van der Waals surface area contributed by atoms with Crippen LogP contribution in [-0.2, 0) is 12.8 Å². The zero-order valence-corrected chi connectivity index (χ0v) is 10.00. The molecule has 1 nitrogen and oxygen atoms in total. The molecule has 0 aliphatic heterocycles. The fourth-order valence-electron chi connectivity index (χ4n) is 2.06. The Morgan fingerprint density at radius 2 is 1.78 bits per heavy atom. The highest BCUT2D eigenvalue weighted by molar-refractivity contribution is 5.34. The van der Waals surface area contributed by atoms with Gasteiger partial charge in [-0.2, -0.15) is 0 Å². The molecule has 0 spiro atoms. The van der Waals surface area contributed by atoms with E-state index >= 15 is 0 Å². The third kappa shape index (κ3) is 2.93. The molecular weight excluding hydrogens is 232 g/mol. The topological polar surface area (TPSA) is 26.0 Å². The zero-order valence-electron chi connectivity index (χ0n) is 10.00. The van der Waals surface area contributed by atoms with Crippen molar-refractivity contribution in [2.75, 3.05) is 6.54 Å². The Balaban J connectivity index is 2.31. The highest BCUT2D eigenvalue weighted by Gasteiger charge is 2.08.